The van der Waals surface area contributed by atoms with Crippen molar-refractivity contribution in [2.75, 3.05) is 13.2 Å². The number of ether oxygens (including phenoxy) is 1. The van der Waals surface area contributed by atoms with E-state index in [-0.39, 0.29) is 6.61 Å². The summed E-state index contributed by atoms with van der Waals surface area (Å²) in [5.74, 6) is 1.66. The van der Waals surface area contributed by atoms with Crippen molar-refractivity contribution in [3.05, 3.63) is 71.5 Å². The number of hydrogen-bond donors (Lipinski definition) is 1. The number of fused-ring (bicyclic) bond motifs is 3. The predicted octanol–water partition coefficient (Wildman–Crippen LogP) is 4.90. The van der Waals surface area contributed by atoms with Gasteiger partial charge in [0.15, 0.2) is 0 Å². The van der Waals surface area contributed by atoms with Crippen molar-refractivity contribution in [3.8, 4) is 5.75 Å². The summed E-state index contributed by atoms with van der Waals surface area (Å²) >= 11 is 0. The summed E-state index contributed by atoms with van der Waals surface area (Å²) in [6, 6.07) is 16.7. The second kappa shape index (κ2) is 8.97. The maximum absolute atomic E-state index is 9.08. The molecular weight excluding hydrogens is 384 g/mol. The third-order valence-electron chi connectivity index (χ3n) is 7.23. The molecule has 3 aromatic rings. The maximum Gasteiger partial charge on any atom is 0.122 e. The summed E-state index contributed by atoms with van der Waals surface area (Å²) in [5.41, 5.74) is 3.92. The SMILES string of the molecule is Cc1ccc(CN2C3CCC2CC(Cc2cccc4cnccc24)C3)cc1OCCO. The molecule has 0 radical (unpaired) electrons. The Hall–Kier alpha value is -2.43. The lowest BCUT2D eigenvalue weighted by Gasteiger charge is -2.39. The lowest BCUT2D eigenvalue weighted by molar-refractivity contribution is 0.0961. The van der Waals surface area contributed by atoms with Gasteiger partial charge in [0.25, 0.3) is 0 Å². The first-order chi connectivity index (χ1) is 15.2. The first-order valence-corrected chi connectivity index (χ1v) is 11.6. The molecule has 4 nitrogen and oxygen atoms in total. The normalized spacial score (nSPS) is 23.4. The number of rotatable bonds is 7. The number of nitrogens with zero attached hydrogens (tertiary/aromatic N) is 2. The number of piperidine rings is 1. The molecule has 4 heteroatoms. The Morgan fingerprint density at radius 1 is 1.10 bits per heavy atom. The van der Waals surface area contributed by atoms with Gasteiger partial charge in [0, 0.05) is 36.4 Å². The maximum atomic E-state index is 9.08. The lowest BCUT2D eigenvalue weighted by atomic mass is 9.84. The van der Waals surface area contributed by atoms with Crippen LogP contribution in [0.1, 0.15) is 42.4 Å². The zero-order valence-corrected chi connectivity index (χ0v) is 18.3. The third kappa shape index (κ3) is 4.32. The highest BCUT2D eigenvalue weighted by molar-refractivity contribution is 5.84. The molecule has 0 spiro atoms. The van der Waals surface area contributed by atoms with Crippen LogP contribution >= 0.6 is 0 Å². The Kier molecular flexibility index (Phi) is 5.93. The number of aromatic nitrogens is 1. The van der Waals surface area contributed by atoms with Crippen LogP contribution < -0.4 is 4.74 Å². The molecule has 2 unspecified atom stereocenters. The second-order valence-corrected chi connectivity index (χ2v) is 9.28. The minimum Gasteiger partial charge on any atom is -0.491 e. The van der Waals surface area contributed by atoms with Crippen LogP contribution in [0.15, 0.2) is 54.9 Å². The molecule has 2 aliphatic rings. The van der Waals surface area contributed by atoms with E-state index in [9.17, 15) is 0 Å². The lowest BCUT2D eigenvalue weighted by Crippen LogP contribution is -2.42. The molecule has 3 heterocycles. The number of pyridine rings is 1. The smallest absolute Gasteiger partial charge is 0.122 e. The van der Waals surface area contributed by atoms with Gasteiger partial charge in [-0.25, -0.2) is 0 Å². The van der Waals surface area contributed by atoms with Gasteiger partial charge in [-0.15, -0.1) is 0 Å². The summed E-state index contributed by atoms with van der Waals surface area (Å²) in [4.78, 5) is 7.02. The summed E-state index contributed by atoms with van der Waals surface area (Å²) in [6.07, 6.45) is 10.3. The average molecular weight is 417 g/mol. The fourth-order valence-corrected chi connectivity index (χ4v) is 5.76. The summed E-state index contributed by atoms with van der Waals surface area (Å²) in [5, 5.41) is 11.7. The number of aliphatic hydroxyl groups is 1. The van der Waals surface area contributed by atoms with Crippen LogP contribution in [0, 0.1) is 12.8 Å². The van der Waals surface area contributed by atoms with Crippen LogP contribution in [-0.4, -0.2) is 40.3 Å². The van der Waals surface area contributed by atoms with Crippen LogP contribution in [0.2, 0.25) is 0 Å². The Bertz CT molecular complexity index is 1030. The Morgan fingerprint density at radius 2 is 1.94 bits per heavy atom. The highest BCUT2D eigenvalue weighted by Crippen LogP contribution is 2.41. The topological polar surface area (TPSA) is 45.6 Å². The largest absolute Gasteiger partial charge is 0.491 e. The second-order valence-electron chi connectivity index (χ2n) is 9.28. The Morgan fingerprint density at radius 3 is 2.74 bits per heavy atom. The van der Waals surface area contributed by atoms with Crippen molar-refractivity contribution in [3.63, 3.8) is 0 Å². The minimum absolute atomic E-state index is 0.0501. The van der Waals surface area contributed by atoms with E-state index < -0.39 is 0 Å². The summed E-state index contributed by atoms with van der Waals surface area (Å²) < 4.78 is 5.73. The van der Waals surface area contributed by atoms with Crippen molar-refractivity contribution < 1.29 is 9.84 Å². The van der Waals surface area contributed by atoms with E-state index in [1.807, 2.05) is 12.4 Å². The van der Waals surface area contributed by atoms with Gasteiger partial charge in [-0.3, -0.25) is 9.88 Å². The molecule has 2 fully saturated rings. The van der Waals surface area contributed by atoms with Gasteiger partial charge in [0.2, 0.25) is 0 Å². The monoisotopic (exact) mass is 416 g/mol. The van der Waals surface area contributed by atoms with Gasteiger partial charge in [0.05, 0.1) is 6.61 Å². The first kappa shape index (κ1) is 20.5. The number of aryl methyl sites for hydroxylation is 1. The number of aliphatic hydroxyl groups excluding tert-OH is 1. The molecule has 2 aromatic carbocycles. The molecule has 2 aliphatic heterocycles. The van der Waals surface area contributed by atoms with Gasteiger partial charge >= 0.3 is 0 Å². The third-order valence-corrected chi connectivity index (χ3v) is 7.23. The van der Waals surface area contributed by atoms with Gasteiger partial charge in [-0.2, -0.15) is 0 Å². The highest BCUT2D eigenvalue weighted by atomic mass is 16.5. The fourth-order valence-electron chi connectivity index (χ4n) is 5.76. The molecule has 0 aliphatic carbocycles. The van der Waals surface area contributed by atoms with Gasteiger partial charge in [-0.1, -0.05) is 30.3 Å². The van der Waals surface area contributed by atoms with E-state index in [1.54, 1.807) is 0 Å². The number of hydrogen-bond acceptors (Lipinski definition) is 4. The first-order valence-electron chi connectivity index (χ1n) is 11.6. The molecule has 5 rings (SSSR count). The molecule has 2 bridgehead atoms. The van der Waals surface area contributed by atoms with Crippen molar-refractivity contribution in [2.24, 2.45) is 5.92 Å². The van der Waals surface area contributed by atoms with Crippen LogP contribution in [0.3, 0.4) is 0 Å². The van der Waals surface area contributed by atoms with Gasteiger partial charge < -0.3 is 9.84 Å². The molecule has 0 saturated carbocycles. The average Bonchev–Trinajstić information content (AvgIpc) is 3.01. The molecule has 1 N–H and O–H groups in total. The quantitative estimate of drug-likeness (QED) is 0.595. The highest BCUT2D eigenvalue weighted by Gasteiger charge is 2.40. The van der Waals surface area contributed by atoms with E-state index in [0.717, 1.165) is 23.8 Å². The standard InChI is InChI=1S/C27H32N2O2/c1-19-5-6-20(16-27(19)31-12-11-30)18-29-24-7-8-25(29)15-21(14-24)13-22-3-2-4-23-17-28-10-9-26(22)23/h2-6,9-10,16-17,21,24-25,30H,7-8,11-15,18H2,1H3. The van der Waals surface area contributed by atoms with E-state index in [0.29, 0.717) is 18.7 Å². The van der Waals surface area contributed by atoms with E-state index >= 15 is 0 Å². The Balaban J connectivity index is 1.27. The summed E-state index contributed by atoms with van der Waals surface area (Å²) in [6.45, 7) is 3.46. The zero-order chi connectivity index (χ0) is 21.2. The van der Waals surface area contributed by atoms with Crippen molar-refractivity contribution in [1.82, 2.24) is 9.88 Å². The molecule has 2 saturated heterocycles. The van der Waals surface area contributed by atoms with Crippen LogP contribution in [0.25, 0.3) is 10.8 Å². The molecule has 31 heavy (non-hydrogen) atoms. The van der Waals surface area contributed by atoms with Crippen molar-refractivity contribution >= 4 is 10.8 Å². The summed E-state index contributed by atoms with van der Waals surface area (Å²) in [7, 11) is 0. The van der Waals surface area contributed by atoms with E-state index in [2.05, 4.69) is 59.3 Å². The molecule has 162 valence electrons. The van der Waals surface area contributed by atoms with Crippen molar-refractivity contribution in [1.29, 1.82) is 0 Å². The van der Waals surface area contributed by atoms with E-state index in [4.69, 9.17) is 9.84 Å². The molecular formula is C27H32N2O2. The molecule has 0 amide bonds. The molecule has 1 aromatic heterocycles. The Labute approximate surface area is 184 Å². The van der Waals surface area contributed by atoms with Crippen LogP contribution in [0.4, 0.5) is 0 Å². The van der Waals surface area contributed by atoms with E-state index in [1.165, 1.54) is 54.0 Å². The van der Waals surface area contributed by atoms with Gasteiger partial charge in [-0.05, 0) is 79.2 Å². The number of benzene rings is 2. The zero-order valence-electron chi connectivity index (χ0n) is 18.3. The van der Waals surface area contributed by atoms with Gasteiger partial charge in [0.1, 0.15) is 12.4 Å². The molecule has 2 atom stereocenters. The fraction of sp³-hybridized carbons (Fsp3) is 0.444. The minimum atomic E-state index is 0.0501. The predicted molar refractivity (Wildman–Crippen MR) is 124 cm³/mol. The van der Waals surface area contributed by atoms with Crippen LogP contribution in [-0.2, 0) is 13.0 Å². The van der Waals surface area contributed by atoms with Crippen LogP contribution in [0.5, 0.6) is 5.75 Å². The van der Waals surface area contributed by atoms with Crippen molar-refractivity contribution in [2.45, 2.75) is 57.7 Å².